The Labute approximate surface area is 187 Å². The molecule has 1 saturated carbocycles. The molecule has 1 aliphatic carbocycles. The molecule has 0 aromatic heterocycles. The van der Waals surface area contributed by atoms with Crippen molar-refractivity contribution in [1.82, 2.24) is 10.2 Å². The number of rotatable bonds is 8. The number of carbonyl (C=O) groups is 2. The van der Waals surface area contributed by atoms with Gasteiger partial charge in [-0.05, 0) is 61.7 Å². The first-order chi connectivity index (χ1) is 14.4. The van der Waals surface area contributed by atoms with Crippen LogP contribution in [-0.4, -0.2) is 35.4 Å². The van der Waals surface area contributed by atoms with Crippen LogP contribution in [0, 0.1) is 0 Å². The highest BCUT2D eigenvalue weighted by molar-refractivity contribution is 6.30. The maximum atomic E-state index is 13.0. The fourth-order valence-corrected chi connectivity index (χ4v) is 3.77. The molecule has 0 heterocycles. The van der Waals surface area contributed by atoms with Crippen LogP contribution in [0.1, 0.15) is 38.2 Å². The van der Waals surface area contributed by atoms with Gasteiger partial charge in [0, 0.05) is 22.6 Å². The maximum absolute atomic E-state index is 13.0. The minimum absolute atomic E-state index is 0.143. The second kappa shape index (κ2) is 10.7. The van der Waals surface area contributed by atoms with Crippen molar-refractivity contribution in [3.63, 3.8) is 0 Å². The van der Waals surface area contributed by atoms with Gasteiger partial charge >= 0.3 is 0 Å². The number of ether oxygens (including phenoxy) is 1. The molecule has 3 rings (SSSR count). The van der Waals surface area contributed by atoms with Crippen molar-refractivity contribution < 1.29 is 14.3 Å². The second-order valence-electron chi connectivity index (χ2n) is 7.56. The third-order valence-corrected chi connectivity index (χ3v) is 5.81. The summed E-state index contributed by atoms with van der Waals surface area (Å²) in [6, 6.07) is 13.6. The monoisotopic (exact) mass is 448 g/mol. The molecule has 1 atom stereocenters. The van der Waals surface area contributed by atoms with Crippen LogP contribution in [0.5, 0.6) is 5.75 Å². The van der Waals surface area contributed by atoms with Crippen molar-refractivity contribution in [3.05, 3.63) is 64.1 Å². The van der Waals surface area contributed by atoms with Crippen molar-refractivity contribution in [2.75, 3.05) is 6.61 Å². The van der Waals surface area contributed by atoms with E-state index < -0.39 is 6.04 Å². The predicted octanol–water partition coefficient (Wildman–Crippen LogP) is 4.85. The zero-order valence-corrected chi connectivity index (χ0v) is 18.5. The minimum Gasteiger partial charge on any atom is -0.484 e. The van der Waals surface area contributed by atoms with Gasteiger partial charge in [-0.25, -0.2) is 0 Å². The molecule has 2 amide bonds. The Morgan fingerprint density at radius 3 is 2.20 bits per heavy atom. The smallest absolute Gasteiger partial charge is 0.261 e. The molecule has 30 heavy (non-hydrogen) atoms. The average Bonchev–Trinajstić information content (AvgIpc) is 3.25. The SMILES string of the molecule is C[C@H](C(=O)NC1CCCC1)N(Cc1ccc(Cl)cc1)C(=O)COc1ccc(Cl)cc1. The van der Waals surface area contributed by atoms with Crippen LogP contribution in [-0.2, 0) is 16.1 Å². The van der Waals surface area contributed by atoms with E-state index in [0.29, 0.717) is 22.3 Å². The van der Waals surface area contributed by atoms with E-state index in [9.17, 15) is 9.59 Å². The van der Waals surface area contributed by atoms with Crippen LogP contribution in [0.2, 0.25) is 10.0 Å². The van der Waals surface area contributed by atoms with E-state index in [-0.39, 0.29) is 24.5 Å². The Balaban J connectivity index is 1.69. The molecule has 2 aromatic carbocycles. The molecule has 0 saturated heterocycles. The van der Waals surface area contributed by atoms with Crippen molar-refractivity contribution in [3.8, 4) is 5.75 Å². The lowest BCUT2D eigenvalue weighted by atomic mass is 10.1. The molecule has 1 aliphatic rings. The average molecular weight is 449 g/mol. The summed E-state index contributed by atoms with van der Waals surface area (Å²) in [4.78, 5) is 27.4. The van der Waals surface area contributed by atoms with Crippen LogP contribution in [0.15, 0.2) is 48.5 Å². The first kappa shape index (κ1) is 22.4. The fourth-order valence-electron chi connectivity index (χ4n) is 3.52. The lowest BCUT2D eigenvalue weighted by Crippen LogP contribution is -2.50. The number of benzene rings is 2. The summed E-state index contributed by atoms with van der Waals surface area (Å²) < 4.78 is 5.62. The van der Waals surface area contributed by atoms with Crippen molar-refractivity contribution in [2.45, 2.75) is 51.2 Å². The van der Waals surface area contributed by atoms with Crippen molar-refractivity contribution in [2.24, 2.45) is 0 Å². The number of nitrogens with zero attached hydrogens (tertiary/aromatic N) is 1. The third-order valence-electron chi connectivity index (χ3n) is 5.31. The van der Waals surface area contributed by atoms with Crippen molar-refractivity contribution in [1.29, 1.82) is 0 Å². The van der Waals surface area contributed by atoms with E-state index in [1.54, 1.807) is 48.2 Å². The number of halogens is 2. The Morgan fingerprint density at radius 2 is 1.60 bits per heavy atom. The summed E-state index contributed by atoms with van der Waals surface area (Å²) in [5.74, 6) is 0.131. The third kappa shape index (κ3) is 6.38. The van der Waals surface area contributed by atoms with E-state index in [2.05, 4.69) is 5.32 Å². The topological polar surface area (TPSA) is 58.6 Å². The highest BCUT2D eigenvalue weighted by atomic mass is 35.5. The van der Waals surface area contributed by atoms with Gasteiger partial charge in [0.2, 0.25) is 5.91 Å². The summed E-state index contributed by atoms with van der Waals surface area (Å²) in [5, 5.41) is 4.29. The zero-order valence-electron chi connectivity index (χ0n) is 16.9. The summed E-state index contributed by atoms with van der Waals surface area (Å²) >= 11 is 11.9. The molecule has 7 heteroatoms. The number of carbonyl (C=O) groups excluding carboxylic acids is 2. The molecule has 1 N–H and O–H groups in total. The predicted molar refractivity (Wildman–Crippen MR) is 119 cm³/mol. The molecular formula is C23H26Cl2N2O3. The molecule has 0 radical (unpaired) electrons. The molecule has 160 valence electrons. The molecule has 0 unspecified atom stereocenters. The number of amides is 2. The van der Waals surface area contributed by atoms with Crippen LogP contribution in [0.3, 0.4) is 0 Å². The molecule has 2 aromatic rings. The first-order valence-corrected chi connectivity index (χ1v) is 10.9. The van der Waals surface area contributed by atoms with Gasteiger partial charge in [-0.2, -0.15) is 0 Å². The molecule has 5 nitrogen and oxygen atoms in total. The van der Waals surface area contributed by atoms with Crippen LogP contribution in [0.4, 0.5) is 0 Å². The number of nitrogens with one attached hydrogen (secondary N) is 1. The number of hydrogen-bond acceptors (Lipinski definition) is 3. The van der Waals surface area contributed by atoms with Crippen molar-refractivity contribution >= 4 is 35.0 Å². The van der Waals surface area contributed by atoms with Gasteiger partial charge in [0.1, 0.15) is 11.8 Å². The summed E-state index contributed by atoms with van der Waals surface area (Å²) in [7, 11) is 0. The van der Waals surface area contributed by atoms with Gasteiger partial charge in [0.25, 0.3) is 5.91 Å². The summed E-state index contributed by atoms with van der Waals surface area (Å²) in [5.41, 5.74) is 0.889. The highest BCUT2D eigenvalue weighted by Gasteiger charge is 2.28. The van der Waals surface area contributed by atoms with Gasteiger partial charge in [0.05, 0.1) is 0 Å². The van der Waals surface area contributed by atoms with E-state index >= 15 is 0 Å². The maximum Gasteiger partial charge on any atom is 0.261 e. The Morgan fingerprint density at radius 1 is 1.03 bits per heavy atom. The fraction of sp³-hybridized carbons (Fsp3) is 0.391. The summed E-state index contributed by atoms with van der Waals surface area (Å²) in [6.45, 7) is 1.87. The van der Waals surface area contributed by atoms with E-state index in [1.165, 1.54) is 0 Å². The van der Waals surface area contributed by atoms with Gasteiger partial charge in [-0.3, -0.25) is 9.59 Å². The zero-order chi connectivity index (χ0) is 21.5. The van der Waals surface area contributed by atoms with E-state index in [4.69, 9.17) is 27.9 Å². The van der Waals surface area contributed by atoms with Gasteiger partial charge in [0.15, 0.2) is 6.61 Å². The largest absolute Gasteiger partial charge is 0.484 e. The van der Waals surface area contributed by atoms with Gasteiger partial charge in [-0.15, -0.1) is 0 Å². The molecule has 0 spiro atoms. The molecule has 1 fully saturated rings. The molecule has 0 aliphatic heterocycles. The second-order valence-corrected chi connectivity index (χ2v) is 8.43. The minimum atomic E-state index is -0.623. The van der Waals surface area contributed by atoms with Crippen LogP contribution >= 0.6 is 23.2 Å². The van der Waals surface area contributed by atoms with Crippen LogP contribution < -0.4 is 10.1 Å². The van der Waals surface area contributed by atoms with E-state index in [1.807, 2.05) is 12.1 Å². The first-order valence-electron chi connectivity index (χ1n) is 10.1. The Bertz CT molecular complexity index is 850. The number of hydrogen-bond donors (Lipinski definition) is 1. The standard InChI is InChI=1S/C23H26Cl2N2O3/c1-16(23(29)26-20-4-2-3-5-20)27(14-17-6-8-18(24)9-7-17)22(28)15-30-21-12-10-19(25)11-13-21/h6-13,16,20H,2-5,14-15H2,1H3,(H,26,29)/t16-/m1/s1. The summed E-state index contributed by atoms with van der Waals surface area (Å²) in [6.07, 6.45) is 4.23. The van der Waals surface area contributed by atoms with Crippen LogP contribution in [0.25, 0.3) is 0 Å². The van der Waals surface area contributed by atoms with Gasteiger partial charge < -0.3 is 15.0 Å². The Kier molecular flexibility index (Phi) is 8.00. The lowest BCUT2D eigenvalue weighted by molar-refractivity contribution is -0.142. The highest BCUT2D eigenvalue weighted by Crippen LogP contribution is 2.19. The molecular weight excluding hydrogens is 423 g/mol. The Hall–Kier alpha value is -2.24. The van der Waals surface area contributed by atoms with E-state index in [0.717, 1.165) is 31.2 Å². The lowest BCUT2D eigenvalue weighted by Gasteiger charge is -2.29. The molecule has 0 bridgehead atoms. The quantitative estimate of drug-likeness (QED) is 0.627. The van der Waals surface area contributed by atoms with Gasteiger partial charge in [-0.1, -0.05) is 48.2 Å². The normalized spacial score (nSPS) is 14.9.